The van der Waals surface area contributed by atoms with Crippen molar-refractivity contribution >= 4 is 27.3 Å². The lowest BCUT2D eigenvalue weighted by Gasteiger charge is -2.26. The van der Waals surface area contributed by atoms with E-state index in [1.807, 2.05) is 24.3 Å². The third kappa shape index (κ3) is 4.01. The van der Waals surface area contributed by atoms with Crippen LogP contribution in [0.1, 0.15) is 0 Å². The molecule has 2 heterocycles. The van der Waals surface area contributed by atoms with Gasteiger partial charge >= 0.3 is 0 Å². The van der Waals surface area contributed by atoms with Crippen molar-refractivity contribution in [3.63, 3.8) is 0 Å². The highest BCUT2D eigenvalue weighted by atomic mass is 35.5. The molecule has 0 radical (unpaired) electrons. The number of anilines is 1. The Kier molecular flexibility index (Phi) is 4.67. The molecule has 4 rings (SSSR count). The molecule has 9 heteroatoms. The van der Waals surface area contributed by atoms with Crippen molar-refractivity contribution in [2.45, 2.75) is 17.5 Å². The molecule has 1 aliphatic rings. The quantitative estimate of drug-likeness (QED) is 0.705. The maximum Gasteiger partial charge on any atom is 0.262 e. The summed E-state index contributed by atoms with van der Waals surface area (Å²) < 4.78 is 40.5. The van der Waals surface area contributed by atoms with Gasteiger partial charge in [0.05, 0.1) is 23.3 Å². The highest BCUT2D eigenvalue weighted by molar-refractivity contribution is 7.92. The van der Waals surface area contributed by atoms with Crippen LogP contribution in [0, 0.1) is 0 Å². The summed E-state index contributed by atoms with van der Waals surface area (Å²) in [6.07, 6.45) is 2.82. The highest BCUT2D eigenvalue weighted by Gasteiger charge is 2.22. The first-order chi connectivity index (χ1) is 13.0. The van der Waals surface area contributed by atoms with E-state index >= 15 is 0 Å². The fourth-order valence-electron chi connectivity index (χ4n) is 2.73. The second-order valence-electron chi connectivity index (χ2n) is 6.01. The van der Waals surface area contributed by atoms with E-state index in [1.54, 1.807) is 23.0 Å². The Morgan fingerprint density at radius 2 is 2.00 bits per heavy atom. The van der Waals surface area contributed by atoms with Crippen LogP contribution in [-0.4, -0.2) is 30.9 Å². The van der Waals surface area contributed by atoms with Crippen LogP contribution in [0.2, 0.25) is 5.02 Å². The molecule has 140 valence electrons. The molecule has 0 saturated carbocycles. The molecular formula is C18H16ClN3O4S. The number of hydrogen-bond donors (Lipinski definition) is 1. The number of nitrogens with one attached hydrogen (secondary N) is 1. The number of fused-ring (bicyclic) bond motifs is 1. The number of nitrogens with zero attached hydrogens (tertiary/aromatic N) is 2. The zero-order valence-electron chi connectivity index (χ0n) is 14.1. The summed E-state index contributed by atoms with van der Waals surface area (Å²) in [5.74, 6) is 1.40. The number of para-hydroxylation sites is 2. The molecule has 0 fully saturated rings. The molecule has 1 N–H and O–H groups in total. The van der Waals surface area contributed by atoms with Crippen LogP contribution in [0.15, 0.2) is 65.8 Å². The molecule has 0 spiro atoms. The molecule has 0 saturated heterocycles. The van der Waals surface area contributed by atoms with Crippen molar-refractivity contribution in [3.05, 3.63) is 65.9 Å². The van der Waals surface area contributed by atoms with Crippen LogP contribution < -0.4 is 14.2 Å². The fraction of sp³-hybridized carbons (Fsp3) is 0.167. The van der Waals surface area contributed by atoms with Crippen LogP contribution in [-0.2, 0) is 16.6 Å². The number of ether oxygens (including phenoxy) is 2. The molecule has 27 heavy (non-hydrogen) atoms. The summed E-state index contributed by atoms with van der Waals surface area (Å²) in [6, 6.07) is 13.5. The summed E-state index contributed by atoms with van der Waals surface area (Å²) in [5, 5.41) is 4.54. The first-order valence-electron chi connectivity index (χ1n) is 8.19. The minimum absolute atomic E-state index is 0.0865. The lowest BCUT2D eigenvalue weighted by Crippen LogP contribution is -2.33. The van der Waals surface area contributed by atoms with E-state index in [4.69, 9.17) is 21.1 Å². The molecule has 3 aromatic rings. The summed E-state index contributed by atoms with van der Waals surface area (Å²) in [7, 11) is -3.74. The number of aromatic nitrogens is 2. The van der Waals surface area contributed by atoms with Gasteiger partial charge in [-0.2, -0.15) is 5.10 Å². The number of hydrogen-bond acceptors (Lipinski definition) is 5. The molecule has 1 aromatic heterocycles. The monoisotopic (exact) mass is 405 g/mol. The number of benzene rings is 2. The second kappa shape index (κ2) is 7.13. The Balaban J connectivity index is 1.43. The maximum atomic E-state index is 12.4. The van der Waals surface area contributed by atoms with Gasteiger partial charge in [0.2, 0.25) is 0 Å². The minimum atomic E-state index is -3.74. The number of halogens is 1. The summed E-state index contributed by atoms with van der Waals surface area (Å²) in [6.45, 7) is 0.813. The molecule has 1 aliphatic heterocycles. The molecule has 0 aliphatic carbocycles. The van der Waals surface area contributed by atoms with Crippen molar-refractivity contribution in [2.75, 3.05) is 11.3 Å². The Morgan fingerprint density at radius 1 is 1.19 bits per heavy atom. The second-order valence-corrected chi connectivity index (χ2v) is 8.13. The first-order valence-corrected chi connectivity index (χ1v) is 10.0. The van der Waals surface area contributed by atoms with Gasteiger partial charge in [-0.1, -0.05) is 29.8 Å². The highest BCUT2D eigenvalue weighted by Crippen LogP contribution is 2.31. The lowest BCUT2D eigenvalue weighted by molar-refractivity contribution is 0.0759. The zero-order chi connectivity index (χ0) is 18.9. The van der Waals surface area contributed by atoms with Crippen LogP contribution in [0.4, 0.5) is 5.69 Å². The lowest BCUT2D eigenvalue weighted by atomic mass is 10.2. The summed E-state index contributed by atoms with van der Waals surface area (Å²) in [4.78, 5) is 0.0865. The fourth-order valence-corrected chi connectivity index (χ4v) is 4.05. The van der Waals surface area contributed by atoms with Gasteiger partial charge in [-0.25, -0.2) is 8.42 Å². The van der Waals surface area contributed by atoms with Crippen molar-refractivity contribution < 1.29 is 17.9 Å². The minimum Gasteiger partial charge on any atom is -0.486 e. The smallest absolute Gasteiger partial charge is 0.262 e. The molecule has 1 atom stereocenters. The summed E-state index contributed by atoms with van der Waals surface area (Å²) >= 11 is 5.87. The SMILES string of the molecule is O=S(=O)(Nc1cnn(CC2COc3ccccc3O2)c1)c1cccc(Cl)c1. The van der Waals surface area contributed by atoms with Gasteiger partial charge in [0.25, 0.3) is 10.0 Å². The topological polar surface area (TPSA) is 82.5 Å². The van der Waals surface area contributed by atoms with Gasteiger partial charge in [0.15, 0.2) is 17.6 Å². The predicted octanol–water partition coefficient (Wildman–Crippen LogP) is 3.18. The van der Waals surface area contributed by atoms with Gasteiger partial charge in [0.1, 0.15) is 6.61 Å². The van der Waals surface area contributed by atoms with Crippen LogP contribution in [0.25, 0.3) is 0 Å². The van der Waals surface area contributed by atoms with Gasteiger partial charge in [-0.05, 0) is 30.3 Å². The first kappa shape index (κ1) is 17.7. The molecule has 2 aromatic carbocycles. The van der Waals surface area contributed by atoms with Gasteiger partial charge in [-0.3, -0.25) is 9.40 Å². The average molecular weight is 406 g/mol. The largest absolute Gasteiger partial charge is 0.486 e. The van der Waals surface area contributed by atoms with Crippen molar-refractivity contribution in [1.29, 1.82) is 0 Å². The van der Waals surface area contributed by atoms with E-state index in [-0.39, 0.29) is 11.0 Å². The van der Waals surface area contributed by atoms with Crippen LogP contribution in [0.5, 0.6) is 11.5 Å². The average Bonchev–Trinajstić information content (AvgIpc) is 3.07. The Hall–Kier alpha value is -2.71. The van der Waals surface area contributed by atoms with Crippen molar-refractivity contribution in [1.82, 2.24) is 9.78 Å². The van der Waals surface area contributed by atoms with E-state index < -0.39 is 10.0 Å². The van der Waals surface area contributed by atoms with E-state index in [0.717, 1.165) is 0 Å². The molecular weight excluding hydrogens is 390 g/mol. The zero-order valence-corrected chi connectivity index (χ0v) is 15.7. The van der Waals surface area contributed by atoms with Crippen molar-refractivity contribution in [2.24, 2.45) is 0 Å². The van der Waals surface area contributed by atoms with E-state index in [1.165, 1.54) is 18.3 Å². The molecule has 1 unspecified atom stereocenters. The number of rotatable bonds is 5. The third-order valence-electron chi connectivity index (χ3n) is 3.95. The van der Waals surface area contributed by atoms with Gasteiger partial charge in [0, 0.05) is 11.2 Å². The maximum absolute atomic E-state index is 12.4. The Morgan fingerprint density at radius 3 is 2.81 bits per heavy atom. The Bertz CT molecular complexity index is 1070. The van der Waals surface area contributed by atoms with E-state index in [2.05, 4.69) is 9.82 Å². The van der Waals surface area contributed by atoms with Gasteiger partial charge < -0.3 is 9.47 Å². The molecule has 0 bridgehead atoms. The molecule has 0 amide bonds. The van der Waals surface area contributed by atoms with Gasteiger partial charge in [-0.15, -0.1) is 0 Å². The van der Waals surface area contributed by atoms with Crippen LogP contribution in [0.3, 0.4) is 0 Å². The predicted molar refractivity (Wildman–Crippen MR) is 101 cm³/mol. The van der Waals surface area contributed by atoms with Crippen molar-refractivity contribution in [3.8, 4) is 11.5 Å². The molecule has 7 nitrogen and oxygen atoms in total. The Labute approximate surface area is 161 Å². The van der Waals surface area contributed by atoms with E-state index in [0.29, 0.717) is 35.4 Å². The van der Waals surface area contributed by atoms with Crippen LogP contribution >= 0.6 is 11.6 Å². The normalized spacial score (nSPS) is 16.1. The van der Waals surface area contributed by atoms with E-state index in [9.17, 15) is 8.42 Å². The third-order valence-corrected chi connectivity index (χ3v) is 5.56. The number of sulfonamides is 1. The standard InChI is InChI=1S/C18H16ClN3O4S/c19-13-4-3-5-16(8-13)27(23,24)21-14-9-20-22(10-14)11-15-12-25-17-6-1-2-7-18(17)26-15/h1-10,15,21H,11-12H2. The summed E-state index contributed by atoms with van der Waals surface area (Å²) in [5.41, 5.74) is 0.354.